The molecule has 0 aliphatic rings. The Labute approximate surface area is 104 Å². The number of halogens is 1. The van der Waals surface area contributed by atoms with Gasteiger partial charge in [-0.25, -0.2) is 0 Å². The maximum atomic E-state index is 5.04. The first-order chi connectivity index (χ1) is 7.22. The highest BCUT2D eigenvalue weighted by atomic mass is 79.9. The average Bonchev–Trinajstić information content (AvgIpc) is 2.61. The zero-order valence-electron chi connectivity index (χ0n) is 9.25. The molecule has 4 heteroatoms. The summed E-state index contributed by atoms with van der Waals surface area (Å²) < 4.78 is 6.25. The molecule has 0 saturated carbocycles. The molecule has 1 aromatic heterocycles. The van der Waals surface area contributed by atoms with Crippen molar-refractivity contribution in [3.8, 4) is 0 Å². The minimum absolute atomic E-state index is 0.536. The van der Waals surface area contributed by atoms with Crippen molar-refractivity contribution >= 4 is 27.3 Å². The highest BCUT2D eigenvalue weighted by Crippen LogP contribution is 2.22. The summed E-state index contributed by atoms with van der Waals surface area (Å²) in [6.07, 6.45) is 2.18. The molecule has 0 bridgehead atoms. The molecule has 0 spiro atoms. The van der Waals surface area contributed by atoms with E-state index in [1.165, 1.54) is 8.66 Å². The lowest BCUT2D eigenvalue weighted by Crippen LogP contribution is -2.28. The third-order valence-corrected chi connectivity index (χ3v) is 3.93. The summed E-state index contributed by atoms with van der Waals surface area (Å²) >= 11 is 5.28. The van der Waals surface area contributed by atoms with E-state index in [2.05, 4.69) is 40.3 Å². The second-order valence-corrected chi connectivity index (χ2v) is 6.14. The van der Waals surface area contributed by atoms with E-state index in [-0.39, 0.29) is 0 Å². The summed E-state index contributed by atoms with van der Waals surface area (Å²) in [6, 6.07) is 4.82. The van der Waals surface area contributed by atoms with Gasteiger partial charge in [0.2, 0.25) is 0 Å². The average molecular weight is 292 g/mol. The van der Waals surface area contributed by atoms with Crippen LogP contribution < -0.4 is 5.32 Å². The fourth-order valence-electron chi connectivity index (χ4n) is 1.32. The van der Waals surface area contributed by atoms with Crippen molar-refractivity contribution in [3.63, 3.8) is 0 Å². The summed E-state index contributed by atoms with van der Waals surface area (Å²) in [5.41, 5.74) is 0. The van der Waals surface area contributed by atoms with E-state index in [9.17, 15) is 0 Å². The van der Waals surface area contributed by atoms with Crippen LogP contribution in [0.5, 0.6) is 0 Å². The molecule has 0 amide bonds. The number of nitrogens with one attached hydrogen (secondary N) is 1. The molecule has 1 N–H and O–H groups in total. The first-order valence-electron chi connectivity index (χ1n) is 5.19. The Morgan fingerprint density at radius 1 is 1.53 bits per heavy atom. The molecule has 1 aromatic rings. The maximum Gasteiger partial charge on any atom is 0.0701 e. The molecule has 0 aliphatic carbocycles. The molecule has 0 saturated heterocycles. The molecule has 1 rings (SSSR count). The molecule has 0 aliphatic heterocycles. The van der Waals surface area contributed by atoms with Crippen LogP contribution in [0.3, 0.4) is 0 Å². The molecule has 1 heterocycles. The highest BCUT2D eigenvalue weighted by molar-refractivity contribution is 9.11. The molecule has 1 atom stereocenters. The van der Waals surface area contributed by atoms with Crippen LogP contribution in [0.4, 0.5) is 0 Å². The van der Waals surface area contributed by atoms with Crippen LogP contribution in [0.1, 0.15) is 18.2 Å². The molecule has 15 heavy (non-hydrogen) atoms. The Morgan fingerprint density at radius 3 is 2.93 bits per heavy atom. The van der Waals surface area contributed by atoms with E-state index in [1.807, 2.05) is 11.3 Å². The van der Waals surface area contributed by atoms with Crippen LogP contribution in [0.25, 0.3) is 0 Å². The van der Waals surface area contributed by atoms with E-state index in [0.717, 1.165) is 26.0 Å². The summed E-state index contributed by atoms with van der Waals surface area (Å²) in [7, 11) is 1.75. The Hall–Kier alpha value is 0.1000. The van der Waals surface area contributed by atoms with E-state index >= 15 is 0 Å². The maximum absolute atomic E-state index is 5.04. The van der Waals surface area contributed by atoms with Gasteiger partial charge >= 0.3 is 0 Å². The Balaban J connectivity index is 2.10. The predicted octanol–water partition coefficient (Wildman–Crippen LogP) is 3.07. The van der Waals surface area contributed by atoms with Gasteiger partial charge in [-0.15, -0.1) is 11.3 Å². The van der Waals surface area contributed by atoms with Gasteiger partial charge in [0.25, 0.3) is 0 Å². The van der Waals surface area contributed by atoms with Crippen LogP contribution in [-0.4, -0.2) is 26.3 Å². The molecule has 2 nitrogen and oxygen atoms in total. The van der Waals surface area contributed by atoms with Crippen LogP contribution in [0, 0.1) is 0 Å². The van der Waals surface area contributed by atoms with E-state index in [4.69, 9.17) is 4.74 Å². The quantitative estimate of drug-likeness (QED) is 0.834. The molecule has 1 unspecified atom stereocenters. The molecule has 0 fully saturated rings. The number of rotatable bonds is 7. The predicted molar refractivity (Wildman–Crippen MR) is 69.7 cm³/mol. The number of thiophene rings is 1. The van der Waals surface area contributed by atoms with Crippen molar-refractivity contribution in [3.05, 3.63) is 20.8 Å². The van der Waals surface area contributed by atoms with E-state index in [1.54, 1.807) is 7.11 Å². The van der Waals surface area contributed by atoms with Gasteiger partial charge in [0.05, 0.1) is 3.79 Å². The van der Waals surface area contributed by atoms with Crippen LogP contribution in [-0.2, 0) is 11.2 Å². The van der Waals surface area contributed by atoms with Gasteiger partial charge in [0.15, 0.2) is 0 Å². The fraction of sp³-hybridized carbons (Fsp3) is 0.636. The molecule has 86 valence electrons. The van der Waals surface area contributed by atoms with Crippen LogP contribution >= 0.6 is 27.3 Å². The topological polar surface area (TPSA) is 21.3 Å². The largest absolute Gasteiger partial charge is 0.385 e. The number of hydrogen-bond acceptors (Lipinski definition) is 3. The SMILES string of the molecule is COCCC(C)NCCc1ccc(Br)s1. The minimum atomic E-state index is 0.536. The molecule has 0 radical (unpaired) electrons. The van der Waals surface area contributed by atoms with Crippen molar-refractivity contribution in [2.75, 3.05) is 20.3 Å². The van der Waals surface area contributed by atoms with Crippen molar-refractivity contribution in [1.29, 1.82) is 0 Å². The third-order valence-electron chi connectivity index (χ3n) is 2.25. The van der Waals surface area contributed by atoms with Crippen molar-refractivity contribution in [2.24, 2.45) is 0 Å². The molecule has 0 aromatic carbocycles. The summed E-state index contributed by atoms with van der Waals surface area (Å²) in [4.78, 5) is 1.42. The van der Waals surface area contributed by atoms with Gasteiger partial charge in [-0.3, -0.25) is 0 Å². The summed E-state index contributed by atoms with van der Waals surface area (Å²) in [5.74, 6) is 0. The van der Waals surface area contributed by atoms with E-state index in [0.29, 0.717) is 6.04 Å². The van der Waals surface area contributed by atoms with Gasteiger partial charge in [-0.2, -0.15) is 0 Å². The zero-order valence-corrected chi connectivity index (χ0v) is 11.7. The van der Waals surface area contributed by atoms with Gasteiger partial charge in [-0.05, 0) is 47.8 Å². The third kappa shape index (κ3) is 5.66. The summed E-state index contributed by atoms with van der Waals surface area (Å²) in [5, 5.41) is 3.49. The Bertz CT molecular complexity index is 277. The lowest BCUT2D eigenvalue weighted by molar-refractivity contribution is 0.185. The van der Waals surface area contributed by atoms with Gasteiger partial charge < -0.3 is 10.1 Å². The normalized spacial score (nSPS) is 13.0. The van der Waals surface area contributed by atoms with E-state index < -0.39 is 0 Å². The van der Waals surface area contributed by atoms with Crippen molar-refractivity contribution in [1.82, 2.24) is 5.32 Å². The number of methoxy groups -OCH3 is 1. The van der Waals surface area contributed by atoms with Gasteiger partial charge in [0, 0.05) is 31.2 Å². The first-order valence-corrected chi connectivity index (χ1v) is 6.80. The second-order valence-electron chi connectivity index (χ2n) is 3.59. The van der Waals surface area contributed by atoms with Gasteiger partial charge in [-0.1, -0.05) is 0 Å². The summed E-state index contributed by atoms with van der Waals surface area (Å²) in [6.45, 7) is 4.07. The minimum Gasteiger partial charge on any atom is -0.385 e. The molecular weight excluding hydrogens is 274 g/mol. The van der Waals surface area contributed by atoms with Crippen LogP contribution in [0.2, 0.25) is 0 Å². The van der Waals surface area contributed by atoms with Crippen LogP contribution in [0.15, 0.2) is 15.9 Å². The lowest BCUT2D eigenvalue weighted by atomic mass is 10.2. The number of ether oxygens (including phenoxy) is 1. The highest BCUT2D eigenvalue weighted by Gasteiger charge is 2.01. The second kappa shape index (κ2) is 7.39. The Kier molecular flexibility index (Phi) is 6.48. The first kappa shape index (κ1) is 13.2. The lowest BCUT2D eigenvalue weighted by Gasteiger charge is -2.12. The van der Waals surface area contributed by atoms with Crippen molar-refractivity contribution in [2.45, 2.75) is 25.8 Å². The Morgan fingerprint density at radius 2 is 2.33 bits per heavy atom. The number of hydrogen-bond donors (Lipinski definition) is 1. The zero-order chi connectivity index (χ0) is 11.1. The van der Waals surface area contributed by atoms with Crippen molar-refractivity contribution < 1.29 is 4.74 Å². The van der Waals surface area contributed by atoms with Gasteiger partial charge in [0.1, 0.15) is 0 Å². The standard InChI is InChI=1S/C11H18BrNOS/c1-9(6-8-14-2)13-7-5-10-3-4-11(12)15-10/h3-4,9,13H,5-8H2,1-2H3. The fourth-order valence-corrected chi connectivity index (χ4v) is 2.81. The smallest absolute Gasteiger partial charge is 0.0701 e. The monoisotopic (exact) mass is 291 g/mol. The molecular formula is C11H18BrNOS.